The molecule has 0 spiro atoms. The van der Waals surface area contributed by atoms with E-state index < -0.39 is 0 Å². The number of imidazole rings is 1. The van der Waals surface area contributed by atoms with E-state index in [0.717, 1.165) is 0 Å². The molecule has 0 aromatic carbocycles. The Morgan fingerprint density at radius 1 is 1.57 bits per heavy atom. The Morgan fingerprint density at radius 2 is 2.43 bits per heavy atom. The van der Waals surface area contributed by atoms with E-state index >= 15 is 0 Å². The summed E-state index contributed by atoms with van der Waals surface area (Å²) in [6.07, 6.45) is 4.12. The van der Waals surface area contributed by atoms with E-state index in [1.54, 1.807) is 6.33 Å². The van der Waals surface area contributed by atoms with Crippen LogP contribution in [0.1, 0.15) is 5.89 Å². The zero-order valence-electron chi connectivity index (χ0n) is 7.84. The SMILES string of the molecule is Cn1cnc(-c2noc(CCN)n2)c1. The molecule has 0 bridgehead atoms. The second kappa shape index (κ2) is 3.59. The second-order valence-corrected chi connectivity index (χ2v) is 2.97. The van der Waals surface area contributed by atoms with Crippen LogP contribution in [-0.2, 0) is 13.5 Å². The highest BCUT2D eigenvalue weighted by Gasteiger charge is 2.09. The summed E-state index contributed by atoms with van der Waals surface area (Å²) in [5.41, 5.74) is 6.07. The molecular formula is C8H11N5O. The van der Waals surface area contributed by atoms with Crippen molar-refractivity contribution in [1.29, 1.82) is 0 Å². The third-order valence-electron chi connectivity index (χ3n) is 1.76. The average molecular weight is 193 g/mol. The molecule has 0 aliphatic rings. The first-order valence-corrected chi connectivity index (χ1v) is 4.30. The summed E-state index contributed by atoms with van der Waals surface area (Å²) in [5.74, 6) is 1.06. The van der Waals surface area contributed by atoms with Crippen LogP contribution >= 0.6 is 0 Å². The zero-order valence-corrected chi connectivity index (χ0v) is 7.84. The second-order valence-electron chi connectivity index (χ2n) is 2.97. The van der Waals surface area contributed by atoms with Crippen LogP contribution < -0.4 is 5.73 Å². The van der Waals surface area contributed by atoms with Crippen LogP contribution in [0.5, 0.6) is 0 Å². The van der Waals surface area contributed by atoms with Gasteiger partial charge in [0.15, 0.2) is 0 Å². The topological polar surface area (TPSA) is 82.8 Å². The zero-order chi connectivity index (χ0) is 9.97. The van der Waals surface area contributed by atoms with Gasteiger partial charge in [-0.1, -0.05) is 5.16 Å². The van der Waals surface area contributed by atoms with Crippen LogP contribution in [-0.4, -0.2) is 26.2 Å². The summed E-state index contributed by atoms with van der Waals surface area (Å²) < 4.78 is 6.81. The van der Waals surface area contributed by atoms with Gasteiger partial charge < -0.3 is 14.8 Å². The first kappa shape index (κ1) is 8.89. The quantitative estimate of drug-likeness (QED) is 0.740. The van der Waals surface area contributed by atoms with Crippen molar-refractivity contribution >= 4 is 0 Å². The molecule has 2 aromatic heterocycles. The van der Waals surface area contributed by atoms with Crippen molar-refractivity contribution < 1.29 is 4.52 Å². The molecule has 0 amide bonds. The van der Waals surface area contributed by atoms with Gasteiger partial charge in [-0.3, -0.25) is 0 Å². The Bertz CT molecular complexity index is 419. The average Bonchev–Trinajstić information content (AvgIpc) is 2.74. The van der Waals surface area contributed by atoms with Crippen molar-refractivity contribution in [3.63, 3.8) is 0 Å². The standard InChI is InChI=1S/C8H11N5O/c1-13-4-6(10-5-13)8-11-7(2-3-9)14-12-8/h4-5H,2-3,9H2,1H3. The lowest BCUT2D eigenvalue weighted by atomic mass is 10.4. The number of aryl methyl sites for hydroxylation is 1. The maximum atomic E-state index is 5.37. The van der Waals surface area contributed by atoms with E-state index in [1.165, 1.54) is 0 Å². The van der Waals surface area contributed by atoms with Crippen LogP contribution in [0.15, 0.2) is 17.0 Å². The molecule has 0 fully saturated rings. The largest absolute Gasteiger partial charge is 0.340 e. The summed E-state index contributed by atoms with van der Waals surface area (Å²) in [4.78, 5) is 8.26. The maximum Gasteiger partial charge on any atom is 0.228 e. The summed E-state index contributed by atoms with van der Waals surface area (Å²) >= 11 is 0. The van der Waals surface area contributed by atoms with Crippen LogP contribution in [0.4, 0.5) is 0 Å². The molecule has 74 valence electrons. The highest BCUT2D eigenvalue weighted by molar-refractivity contribution is 5.45. The lowest BCUT2D eigenvalue weighted by Crippen LogP contribution is -2.02. The van der Waals surface area contributed by atoms with Crippen LogP contribution in [0.25, 0.3) is 11.5 Å². The molecule has 2 N–H and O–H groups in total. The van der Waals surface area contributed by atoms with Crippen molar-refractivity contribution in [3.05, 3.63) is 18.4 Å². The molecule has 14 heavy (non-hydrogen) atoms. The van der Waals surface area contributed by atoms with E-state index in [4.69, 9.17) is 10.3 Å². The number of rotatable bonds is 3. The predicted octanol–water partition coefficient (Wildman–Crippen LogP) is -0.0287. The molecule has 0 aliphatic heterocycles. The maximum absolute atomic E-state index is 5.37. The highest BCUT2D eigenvalue weighted by Crippen LogP contribution is 2.12. The Labute approximate surface area is 80.7 Å². The van der Waals surface area contributed by atoms with Gasteiger partial charge in [-0.15, -0.1) is 0 Å². The number of nitrogens with zero attached hydrogens (tertiary/aromatic N) is 4. The van der Waals surface area contributed by atoms with Crippen molar-refractivity contribution in [2.75, 3.05) is 6.54 Å². The fourth-order valence-electron chi connectivity index (χ4n) is 1.11. The number of nitrogens with two attached hydrogens (primary N) is 1. The molecule has 6 nitrogen and oxygen atoms in total. The lowest BCUT2D eigenvalue weighted by Gasteiger charge is -1.84. The molecule has 0 unspecified atom stereocenters. The molecule has 6 heteroatoms. The Kier molecular flexibility index (Phi) is 2.28. The molecule has 0 aliphatic carbocycles. The van der Waals surface area contributed by atoms with Crippen molar-refractivity contribution in [1.82, 2.24) is 19.7 Å². The minimum atomic E-state index is 0.504. The number of aromatic nitrogens is 4. The fourth-order valence-corrected chi connectivity index (χ4v) is 1.11. The molecular weight excluding hydrogens is 182 g/mol. The normalized spacial score (nSPS) is 10.7. The molecule has 2 heterocycles. The third kappa shape index (κ3) is 1.64. The van der Waals surface area contributed by atoms with E-state index in [1.807, 2.05) is 17.8 Å². The fraction of sp³-hybridized carbons (Fsp3) is 0.375. The summed E-state index contributed by atoms with van der Waals surface area (Å²) in [6.45, 7) is 0.504. The summed E-state index contributed by atoms with van der Waals surface area (Å²) in [6, 6.07) is 0. The van der Waals surface area contributed by atoms with Crippen molar-refractivity contribution in [3.8, 4) is 11.5 Å². The van der Waals surface area contributed by atoms with Crippen molar-refractivity contribution in [2.24, 2.45) is 12.8 Å². The summed E-state index contributed by atoms with van der Waals surface area (Å²) in [7, 11) is 1.89. The van der Waals surface area contributed by atoms with Crippen LogP contribution in [0.2, 0.25) is 0 Å². The Morgan fingerprint density at radius 3 is 3.07 bits per heavy atom. The van der Waals surface area contributed by atoms with E-state index in [0.29, 0.717) is 30.4 Å². The van der Waals surface area contributed by atoms with Gasteiger partial charge in [0.2, 0.25) is 11.7 Å². The van der Waals surface area contributed by atoms with E-state index in [2.05, 4.69) is 15.1 Å². The lowest BCUT2D eigenvalue weighted by molar-refractivity contribution is 0.380. The molecule has 0 saturated heterocycles. The predicted molar refractivity (Wildman–Crippen MR) is 49.3 cm³/mol. The Hall–Kier alpha value is -1.69. The van der Waals surface area contributed by atoms with Gasteiger partial charge in [0.25, 0.3) is 0 Å². The molecule has 0 saturated carbocycles. The van der Waals surface area contributed by atoms with E-state index in [9.17, 15) is 0 Å². The first-order valence-electron chi connectivity index (χ1n) is 4.30. The van der Waals surface area contributed by atoms with Gasteiger partial charge in [-0.05, 0) is 0 Å². The molecule has 0 radical (unpaired) electrons. The smallest absolute Gasteiger partial charge is 0.228 e. The van der Waals surface area contributed by atoms with Gasteiger partial charge in [-0.25, -0.2) is 4.98 Å². The monoisotopic (exact) mass is 193 g/mol. The Balaban J connectivity index is 2.24. The number of hydrogen-bond donors (Lipinski definition) is 1. The van der Waals surface area contributed by atoms with Crippen LogP contribution in [0.3, 0.4) is 0 Å². The number of hydrogen-bond acceptors (Lipinski definition) is 5. The molecule has 2 rings (SSSR count). The minimum Gasteiger partial charge on any atom is -0.340 e. The minimum absolute atomic E-state index is 0.504. The summed E-state index contributed by atoms with van der Waals surface area (Å²) in [5, 5.41) is 3.80. The van der Waals surface area contributed by atoms with Crippen molar-refractivity contribution in [2.45, 2.75) is 6.42 Å². The van der Waals surface area contributed by atoms with Crippen LogP contribution in [0, 0.1) is 0 Å². The van der Waals surface area contributed by atoms with Gasteiger partial charge in [0, 0.05) is 26.2 Å². The van der Waals surface area contributed by atoms with E-state index in [-0.39, 0.29) is 0 Å². The van der Waals surface area contributed by atoms with Gasteiger partial charge in [0.05, 0.1) is 6.33 Å². The highest BCUT2D eigenvalue weighted by atomic mass is 16.5. The van der Waals surface area contributed by atoms with Gasteiger partial charge in [-0.2, -0.15) is 4.98 Å². The first-order chi connectivity index (χ1) is 6.79. The van der Waals surface area contributed by atoms with Gasteiger partial charge in [0.1, 0.15) is 5.69 Å². The molecule has 2 aromatic rings. The van der Waals surface area contributed by atoms with Gasteiger partial charge >= 0.3 is 0 Å². The molecule has 0 atom stereocenters. The third-order valence-corrected chi connectivity index (χ3v) is 1.76.